The van der Waals surface area contributed by atoms with Crippen LogP contribution in [0.3, 0.4) is 0 Å². The summed E-state index contributed by atoms with van der Waals surface area (Å²) in [7, 11) is 0. The van der Waals surface area contributed by atoms with Gasteiger partial charge in [0.05, 0.1) is 13.2 Å². The summed E-state index contributed by atoms with van der Waals surface area (Å²) in [5.41, 5.74) is 0. The fourth-order valence-electron chi connectivity index (χ4n) is 1.36. The number of rotatable bonds is 8. The van der Waals surface area contributed by atoms with E-state index < -0.39 is 24.1 Å². The maximum absolute atomic E-state index is 10.4. The standard InChI is InChI=1S/C10H18O7.C6H6O2/c1-7(11)16-5-9(13)3-15-4-10(14)6-17-8(2)12;7-5-2-1-3-6(8)4-5/h9-10,13-14H,3-6H2,1-2H3;1-4,7-8H. The summed E-state index contributed by atoms with van der Waals surface area (Å²) in [6.45, 7) is 1.99. The molecule has 9 heteroatoms. The molecule has 0 aromatic heterocycles. The number of carbonyl (C=O) groups is 2. The summed E-state index contributed by atoms with van der Waals surface area (Å²) in [4.78, 5) is 20.8. The van der Waals surface area contributed by atoms with Crippen LogP contribution in [0.4, 0.5) is 0 Å². The molecule has 4 N–H and O–H groups in total. The highest BCUT2D eigenvalue weighted by atomic mass is 16.6. The van der Waals surface area contributed by atoms with Gasteiger partial charge in [-0.1, -0.05) is 6.07 Å². The maximum atomic E-state index is 10.4. The van der Waals surface area contributed by atoms with Gasteiger partial charge in [-0.3, -0.25) is 9.59 Å². The van der Waals surface area contributed by atoms with Crippen molar-refractivity contribution in [2.24, 2.45) is 0 Å². The summed E-state index contributed by atoms with van der Waals surface area (Å²) in [6.07, 6.45) is -1.89. The van der Waals surface area contributed by atoms with E-state index >= 15 is 0 Å². The zero-order valence-electron chi connectivity index (χ0n) is 14.1. The quantitative estimate of drug-likeness (QED) is 0.469. The summed E-state index contributed by atoms with van der Waals surface area (Å²) in [5, 5.41) is 35.8. The predicted octanol–water partition coefficient (Wildman–Crippen LogP) is -0.0512. The molecule has 0 saturated carbocycles. The van der Waals surface area contributed by atoms with E-state index in [0.717, 1.165) is 0 Å². The van der Waals surface area contributed by atoms with E-state index in [9.17, 15) is 19.8 Å². The average Bonchev–Trinajstić information content (AvgIpc) is 2.51. The molecule has 0 fully saturated rings. The van der Waals surface area contributed by atoms with Crippen molar-refractivity contribution in [1.82, 2.24) is 0 Å². The van der Waals surface area contributed by atoms with Crippen molar-refractivity contribution in [3.8, 4) is 11.5 Å². The van der Waals surface area contributed by atoms with Crippen molar-refractivity contribution >= 4 is 11.9 Å². The Hall–Kier alpha value is -2.36. The van der Waals surface area contributed by atoms with Crippen molar-refractivity contribution in [3.05, 3.63) is 24.3 Å². The number of aromatic hydroxyl groups is 2. The van der Waals surface area contributed by atoms with Crippen LogP contribution in [0.15, 0.2) is 24.3 Å². The van der Waals surface area contributed by atoms with Crippen LogP contribution in [0.2, 0.25) is 0 Å². The van der Waals surface area contributed by atoms with Crippen LogP contribution < -0.4 is 0 Å². The molecule has 1 aromatic rings. The zero-order valence-corrected chi connectivity index (χ0v) is 14.1. The van der Waals surface area contributed by atoms with E-state index in [-0.39, 0.29) is 37.9 Å². The molecule has 0 radical (unpaired) electrons. The molecule has 1 aromatic carbocycles. The number of ether oxygens (including phenoxy) is 3. The lowest BCUT2D eigenvalue weighted by Crippen LogP contribution is -2.28. The van der Waals surface area contributed by atoms with Crippen LogP contribution in [0.5, 0.6) is 11.5 Å². The fourth-order valence-corrected chi connectivity index (χ4v) is 1.36. The van der Waals surface area contributed by atoms with Crippen LogP contribution in [0, 0.1) is 0 Å². The summed E-state index contributed by atoms with van der Waals surface area (Å²) >= 11 is 0. The van der Waals surface area contributed by atoms with E-state index in [4.69, 9.17) is 14.9 Å². The average molecular weight is 360 g/mol. The Bertz CT molecular complexity index is 477. The van der Waals surface area contributed by atoms with Gasteiger partial charge in [0.25, 0.3) is 0 Å². The lowest BCUT2D eigenvalue weighted by molar-refractivity contribution is -0.146. The van der Waals surface area contributed by atoms with Crippen molar-refractivity contribution < 1.29 is 44.2 Å². The first kappa shape index (κ1) is 22.6. The molecular weight excluding hydrogens is 336 g/mol. The molecular formula is C16H24O9. The number of hydrogen-bond acceptors (Lipinski definition) is 9. The van der Waals surface area contributed by atoms with Gasteiger partial charge >= 0.3 is 11.9 Å². The Morgan fingerprint density at radius 1 is 0.880 bits per heavy atom. The van der Waals surface area contributed by atoms with E-state index in [1.54, 1.807) is 6.07 Å². The molecule has 2 atom stereocenters. The van der Waals surface area contributed by atoms with E-state index in [2.05, 4.69) is 9.47 Å². The minimum atomic E-state index is -0.945. The molecule has 0 spiro atoms. The molecule has 9 nitrogen and oxygen atoms in total. The molecule has 142 valence electrons. The molecule has 0 aliphatic heterocycles. The molecule has 0 amide bonds. The molecule has 1 rings (SSSR count). The first-order valence-corrected chi connectivity index (χ1v) is 7.39. The highest BCUT2D eigenvalue weighted by Crippen LogP contribution is 2.14. The highest BCUT2D eigenvalue weighted by Gasteiger charge is 2.10. The smallest absolute Gasteiger partial charge is 0.302 e. The summed E-state index contributed by atoms with van der Waals surface area (Å²) in [6, 6.07) is 5.85. The summed E-state index contributed by atoms with van der Waals surface area (Å²) < 4.78 is 14.0. The number of carbonyl (C=O) groups excluding carboxylic acids is 2. The highest BCUT2D eigenvalue weighted by molar-refractivity contribution is 5.66. The number of phenolic OH excluding ortho intramolecular Hbond substituents is 2. The van der Waals surface area contributed by atoms with Crippen molar-refractivity contribution in [3.63, 3.8) is 0 Å². The Morgan fingerprint density at radius 2 is 1.28 bits per heavy atom. The number of aliphatic hydroxyl groups excluding tert-OH is 2. The lowest BCUT2D eigenvalue weighted by atomic mass is 10.3. The maximum Gasteiger partial charge on any atom is 0.302 e. The van der Waals surface area contributed by atoms with Crippen molar-refractivity contribution in [1.29, 1.82) is 0 Å². The predicted molar refractivity (Wildman–Crippen MR) is 85.9 cm³/mol. The van der Waals surface area contributed by atoms with Gasteiger partial charge in [0.2, 0.25) is 0 Å². The monoisotopic (exact) mass is 360 g/mol. The van der Waals surface area contributed by atoms with Gasteiger partial charge in [0.15, 0.2) is 0 Å². The molecule has 0 aliphatic carbocycles. The third-order valence-electron chi connectivity index (χ3n) is 2.41. The van der Waals surface area contributed by atoms with Gasteiger partial charge < -0.3 is 34.6 Å². The number of phenols is 2. The van der Waals surface area contributed by atoms with Crippen LogP contribution >= 0.6 is 0 Å². The Balaban J connectivity index is 0.000000593. The second kappa shape index (κ2) is 13.0. The number of benzene rings is 1. The van der Waals surface area contributed by atoms with Crippen molar-refractivity contribution in [2.75, 3.05) is 26.4 Å². The minimum absolute atomic E-state index is 0.0790. The topological polar surface area (TPSA) is 143 Å². The lowest BCUT2D eigenvalue weighted by Gasteiger charge is -2.14. The van der Waals surface area contributed by atoms with Gasteiger partial charge in [-0.2, -0.15) is 0 Å². The SMILES string of the molecule is CC(=O)OCC(O)COCC(O)COC(C)=O.Oc1cccc(O)c1. The van der Waals surface area contributed by atoms with Gasteiger partial charge in [-0.05, 0) is 12.1 Å². The third kappa shape index (κ3) is 14.9. The zero-order chi connectivity index (χ0) is 19.2. The number of aliphatic hydroxyl groups is 2. The molecule has 0 bridgehead atoms. The third-order valence-corrected chi connectivity index (χ3v) is 2.41. The first-order chi connectivity index (χ1) is 11.7. The van der Waals surface area contributed by atoms with Crippen LogP contribution in [0.1, 0.15) is 13.8 Å². The van der Waals surface area contributed by atoms with E-state index in [0.29, 0.717) is 0 Å². The van der Waals surface area contributed by atoms with Crippen LogP contribution in [-0.2, 0) is 23.8 Å². The van der Waals surface area contributed by atoms with Gasteiger partial charge in [-0.15, -0.1) is 0 Å². The van der Waals surface area contributed by atoms with E-state index in [1.807, 2.05) is 0 Å². The Kier molecular flexibility index (Phi) is 11.8. The molecule has 0 aliphatic rings. The van der Waals surface area contributed by atoms with E-state index in [1.165, 1.54) is 32.0 Å². The number of hydrogen-bond donors (Lipinski definition) is 4. The molecule has 25 heavy (non-hydrogen) atoms. The fraction of sp³-hybridized carbons (Fsp3) is 0.500. The normalized spacial score (nSPS) is 12.3. The second-order valence-corrected chi connectivity index (χ2v) is 4.97. The summed E-state index contributed by atoms with van der Waals surface area (Å²) in [5.74, 6) is -0.798. The van der Waals surface area contributed by atoms with Gasteiger partial charge in [0, 0.05) is 19.9 Å². The second-order valence-electron chi connectivity index (χ2n) is 4.97. The minimum Gasteiger partial charge on any atom is -0.508 e. The van der Waals surface area contributed by atoms with Gasteiger partial charge in [-0.25, -0.2) is 0 Å². The molecule has 0 saturated heterocycles. The first-order valence-electron chi connectivity index (χ1n) is 7.39. The largest absolute Gasteiger partial charge is 0.508 e. The Morgan fingerprint density at radius 3 is 1.56 bits per heavy atom. The Labute approximate surface area is 145 Å². The molecule has 2 unspecified atom stereocenters. The van der Waals surface area contributed by atoms with Crippen molar-refractivity contribution in [2.45, 2.75) is 26.1 Å². The van der Waals surface area contributed by atoms with Gasteiger partial charge in [0.1, 0.15) is 36.9 Å². The van der Waals surface area contributed by atoms with Crippen LogP contribution in [-0.4, -0.2) is 71.0 Å². The number of esters is 2. The molecule has 0 heterocycles. The van der Waals surface area contributed by atoms with Crippen LogP contribution in [0.25, 0.3) is 0 Å².